The predicted octanol–water partition coefficient (Wildman–Crippen LogP) is 3.90. The van der Waals surface area contributed by atoms with Crippen molar-refractivity contribution in [3.05, 3.63) is 47.9 Å². The number of hydrogen-bond donors (Lipinski definition) is 1. The minimum absolute atomic E-state index is 0.848. The summed E-state index contributed by atoms with van der Waals surface area (Å²) in [6, 6.07) is 10.1. The van der Waals surface area contributed by atoms with Gasteiger partial charge in [0.25, 0.3) is 0 Å². The topological polar surface area (TPSA) is 39.2 Å². The Morgan fingerprint density at radius 2 is 2.18 bits per heavy atom. The molecule has 0 bridgehead atoms. The van der Waals surface area contributed by atoms with E-state index < -0.39 is 0 Å². The third-order valence-corrected chi connectivity index (χ3v) is 3.86. The van der Waals surface area contributed by atoms with Gasteiger partial charge in [-0.3, -0.25) is 0 Å². The monoisotopic (exact) mass is 247 g/mol. The molecule has 1 aromatic heterocycles. The van der Waals surface area contributed by atoms with Gasteiger partial charge >= 0.3 is 0 Å². The Morgan fingerprint density at radius 3 is 2.88 bits per heavy atom. The maximum absolute atomic E-state index is 5.74. The molecule has 0 aliphatic rings. The first-order chi connectivity index (χ1) is 8.25. The summed E-state index contributed by atoms with van der Waals surface area (Å²) in [4.78, 5) is 1.25. The van der Waals surface area contributed by atoms with E-state index in [0.717, 1.165) is 30.0 Å². The Hall–Kier alpha value is -1.35. The molecule has 17 heavy (non-hydrogen) atoms. The Bertz CT molecular complexity index is 479. The Morgan fingerprint density at radius 1 is 1.29 bits per heavy atom. The summed E-state index contributed by atoms with van der Waals surface area (Å²) >= 11 is 1.85. The van der Waals surface area contributed by atoms with Crippen molar-refractivity contribution in [2.75, 3.05) is 11.5 Å². The molecular weight excluding hydrogens is 230 g/mol. The molecule has 0 saturated heterocycles. The lowest BCUT2D eigenvalue weighted by molar-refractivity contribution is 0.527. The van der Waals surface area contributed by atoms with Crippen LogP contribution in [0.3, 0.4) is 0 Å². The second-order valence-corrected chi connectivity index (χ2v) is 5.17. The van der Waals surface area contributed by atoms with Crippen LogP contribution in [0.4, 0.5) is 5.69 Å². The van der Waals surface area contributed by atoms with E-state index in [0.29, 0.717) is 0 Å². The molecule has 2 N–H and O–H groups in total. The smallest absolute Gasteiger partial charge is 0.114 e. The van der Waals surface area contributed by atoms with E-state index in [1.165, 1.54) is 10.5 Å². The molecule has 0 amide bonds. The van der Waals surface area contributed by atoms with E-state index in [1.54, 1.807) is 6.26 Å². The van der Waals surface area contributed by atoms with Crippen LogP contribution >= 0.6 is 11.8 Å². The highest BCUT2D eigenvalue weighted by Crippen LogP contribution is 2.24. The second-order valence-electron chi connectivity index (χ2n) is 4.04. The van der Waals surface area contributed by atoms with Crippen LogP contribution in [0.1, 0.15) is 17.7 Å². The van der Waals surface area contributed by atoms with Crippen molar-refractivity contribution < 1.29 is 4.42 Å². The molecule has 0 atom stereocenters. The first kappa shape index (κ1) is 12.1. The van der Waals surface area contributed by atoms with E-state index in [4.69, 9.17) is 10.2 Å². The summed E-state index contributed by atoms with van der Waals surface area (Å²) in [6.07, 6.45) is 3.98. The number of hydrogen-bond acceptors (Lipinski definition) is 3. The SMILES string of the molecule is Cc1occc1SCCCc1cccc(N)c1. The van der Waals surface area contributed by atoms with Crippen molar-refractivity contribution in [2.45, 2.75) is 24.7 Å². The van der Waals surface area contributed by atoms with Gasteiger partial charge in [0.2, 0.25) is 0 Å². The number of nitrogens with two attached hydrogens (primary N) is 1. The molecule has 0 fully saturated rings. The molecule has 90 valence electrons. The minimum atomic E-state index is 0.848. The molecule has 0 unspecified atom stereocenters. The Balaban J connectivity index is 1.75. The number of rotatable bonds is 5. The fraction of sp³-hybridized carbons (Fsp3) is 0.286. The summed E-state index contributed by atoms with van der Waals surface area (Å²) in [5.74, 6) is 2.12. The third kappa shape index (κ3) is 3.56. The normalized spacial score (nSPS) is 10.6. The predicted molar refractivity (Wildman–Crippen MR) is 73.3 cm³/mol. The van der Waals surface area contributed by atoms with Crippen molar-refractivity contribution >= 4 is 17.4 Å². The van der Waals surface area contributed by atoms with Crippen LogP contribution < -0.4 is 5.73 Å². The highest BCUT2D eigenvalue weighted by atomic mass is 32.2. The van der Waals surface area contributed by atoms with Crippen LogP contribution in [-0.4, -0.2) is 5.75 Å². The van der Waals surface area contributed by atoms with Crippen LogP contribution in [0.5, 0.6) is 0 Å². The standard InChI is InChI=1S/C14H17NOS/c1-11-14(7-8-16-11)17-9-3-5-12-4-2-6-13(15)10-12/h2,4,6-8,10H,3,5,9,15H2,1H3. The van der Waals surface area contributed by atoms with E-state index >= 15 is 0 Å². The van der Waals surface area contributed by atoms with Gasteiger partial charge in [-0.05, 0) is 49.3 Å². The quantitative estimate of drug-likeness (QED) is 0.495. The van der Waals surface area contributed by atoms with Gasteiger partial charge in [-0.15, -0.1) is 11.8 Å². The summed E-state index contributed by atoms with van der Waals surface area (Å²) in [7, 11) is 0. The van der Waals surface area contributed by atoms with E-state index in [1.807, 2.05) is 43.0 Å². The molecule has 2 nitrogen and oxygen atoms in total. The third-order valence-electron chi connectivity index (χ3n) is 2.63. The highest BCUT2D eigenvalue weighted by Gasteiger charge is 2.01. The molecule has 1 aromatic carbocycles. The lowest BCUT2D eigenvalue weighted by atomic mass is 10.1. The van der Waals surface area contributed by atoms with Crippen molar-refractivity contribution in [1.29, 1.82) is 0 Å². The fourth-order valence-corrected chi connectivity index (χ4v) is 2.64. The molecule has 0 aliphatic carbocycles. The number of anilines is 1. The zero-order valence-electron chi connectivity index (χ0n) is 9.98. The van der Waals surface area contributed by atoms with Gasteiger partial charge in [-0.25, -0.2) is 0 Å². The number of furan rings is 1. The lowest BCUT2D eigenvalue weighted by Crippen LogP contribution is -1.90. The number of benzene rings is 1. The first-order valence-corrected chi connectivity index (χ1v) is 6.75. The van der Waals surface area contributed by atoms with E-state index in [-0.39, 0.29) is 0 Å². The molecule has 3 heteroatoms. The van der Waals surface area contributed by atoms with E-state index in [2.05, 4.69) is 6.07 Å². The van der Waals surface area contributed by atoms with Gasteiger partial charge in [0, 0.05) is 10.6 Å². The zero-order valence-corrected chi connectivity index (χ0v) is 10.8. The van der Waals surface area contributed by atoms with Gasteiger partial charge < -0.3 is 10.2 Å². The average Bonchev–Trinajstić information content (AvgIpc) is 2.71. The largest absolute Gasteiger partial charge is 0.468 e. The van der Waals surface area contributed by atoms with Gasteiger partial charge in [0.05, 0.1) is 6.26 Å². The lowest BCUT2D eigenvalue weighted by Gasteiger charge is -2.02. The molecule has 1 heterocycles. The molecular formula is C14H17NOS. The van der Waals surface area contributed by atoms with Gasteiger partial charge in [-0.2, -0.15) is 0 Å². The minimum Gasteiger partial charge on any atom is -0.468 e. The molecule has 0 saturated carbocycles. The van der Waals surface area contributed by atoms with Crippen LogP contribution in [0.25, 0.3) is 0 Å². The Labute approximate surface area is 106 Å². The summed E-state index contributed by atoms with van der Waals surface area (Å²) in [5, 5.41) is 0. The summed E-state index contributed by atoms with van der Waals surface area (Å²) < 4.78 is 5.26. The average molecular weight is 247 g/mol. The molecule has 0 radical (unpaired) electrons. The van der Waals surface area contributed by atoms with E-state index in [9.17, 15) is 0 Å². The molecule has 0 spiro atoms. The summed E-state index contributed by atoms with van der Waals surface area (Å²) in [5.41, 5.74) is 7.90. The zero-order chi connectivity index (χ0) is 12.1. The number of nitrogen functional groups attached to an aromatic ring is 1. The highest BCUT2D eigenvalue weighted by molar-refractivity contribution is 7.99. The van der Waals surface area contributed by atoms with Crippen molar-refractivity contribution in [3.8, 4) is 0 Å². The fourth-order valence-electron chi connectivity index (χ4n) is 1.73. The molecule has 2 rings (SSSR count). The molecule has 0 aliphatic heterocycles. The maximum Gasteiger partial charge on any atom is 0.114 e. The van der Waals surface area contributed by atoms with Crippen LogP contribution in [0, 0.1) is 6.92 Å². The van der Waals surface area contributed by atoms with Crippen molar-refractivity contribution in [1.82, 2.24) is 0 Å². The number of thioether (sulfide) groups is 1. The Kier molecular flexibility index (Phi) is 4.15. The van der Waals surface area contributed by atoms with Gasteiger partial charge in [-0.1, -0.05) is 12.1 Å². The van der Waals surface area contributed by atoms with Gasteiger partial charge in [0.15, 0.2) is 0 Å². The second kappa shape index (κ2) is 5.82. The summed E-state index contributed by atoms with van der Waals surface area (Å²) in [6.45, 7) is 2.00. The van der Waals surface area contributed by atoms with Gasteiger partial charge in [0.1, 0.15) is 5.76 Å². The van der Waals surface area contributed by atoms with Crippen LogP contribution in [0.15, 0.2) is 45.9 Å². The number of aryl methyl sites for hydroxylation is 2. The maximum atomic E-state index is 5.74. The van der Waals surface area contributed by atoms with Crippen molar-refractivity contribution in [2.24, 2.45) is 0 Å². The van der Waals surface area contributed by atoms with Crippen LogP contribution in [0.2, 0.25) is 0 Å². The first-order valence-electron chi connectivity index (χ1n) is 5.77. The molecule has 2 aromatic rings. The van der Waals surface area contributed by atoms with Crippen molar-refractivity contribution in [3.63, 3.8) is 0 Å². The van der Waals surface area contributed by atoms with Crippen LogP contribution in [-0.2, 0) is 6.42 Å².